The van der Waals surface area contributed by atoms with Crippen molar-refractivity contribution in [3.63, 3.8) is 0 Å². The van der Waals surface area contributed by atoms with Gasteiger partial charge in [-0.2, -0.15) is 0 Å². The Bertz CT molecular complexity index is 1670. The fourth-order valence-corrected chi connectivity index (χ4v) is 4.34. The summed E-state index contributed by atoms with van der Waals surface area (Å²) in [7, 11) is 0. The van der Waals surface area contributed by atoms with E-state index in [1.54, 1.807) is 48.5 Å². The quantitative estimate of drug-likeness (QED) is 0.194. The van der Waals surface area contributed by atoms with E-state index in [-0.39, 0.29) is 33.4 Å². The predicted octanol–water partition coefficient (Wildman–Crippen LogP) is 4.34. The average molecular weight is 548 g/mol. The van der Waals surface area contributed by atoms with Crippen molar-refractivity contribution in [1.29, 1.82) is 0 Å². The van der Waals surface area contributed by atoms with Gasteiger partial charge in [0.2, 0.25) is 0 Å². The summed E-state index contributed by atoms with van der Waals surface area (Å²) in [5, 5.41) is 0. The highest BCUT2D eigenvalue weighted by Crippen LogP contribution is 2.24. The van der Waals surface area contributed by atoms with Crippen LogP contribution in [0.5, 0.6) is 11.5 Å². The molecule has 0 spiro atoms. The SMILES string of the molecule is O=C(Oc1ccc(Cc2ccc(OC(=O)c3ccc4c(c3)C(=O)OC4=O)cc2)cc1)c1ccc2c(c1)C(=O)OC2=O. The number of rotatable bonds is 6. The number of ether oxygens (including phenoxy) is 4. The maximum Gasteiger partial charge on any atom is 0.346 e. The Morgan fingerprint density at radius 3 is 1.24 bits per heavy atom. The molecular formula is C31H16O10. The lowest BCUT2D eigenvalue weighted by molar-refractivity contribution is 0.0425. The molecule has 4 aromatic carbocycles. The van der Waals surface area contributed by atoms with E-state index in [2.05, 4.69) is 9.47 Å². The van der Waals surface area contributed by atoms with Gasteiger partial charge in [-0.1, -0.05) is 24.3 Å². The van der Waals surface area contributed by atoms with E-state index in [0.29, 0.717) is 17.9 Å². The maximum atomic E-state index is 12.5. The number of benzene rings is 4. The molecule has 0 saturated carbocycles. The molecule has 2 aliphatic heterocycles. The highest BCUT2D eigenvalue weighted by Gasteiger charge is 2.31. The first-order valence-electron chi connectivity index (χ1n) is 12.2. The van der Waals surface area contributed by atoms with Crippen molar-refractivity contribution in [2.75, 3.05) is 0 Å². The Balaban J connectivity index is 1.06. The zero-order valence-electron chi connectivity index (χ0n) is 20.9. The third-order valence-corrected chi connectivity index (χ3v) is 6.44. The van der Waals surface area contributed by atoms with Gasteiger partial charge in [0.1, 0.15) is 11.5 Å². The largest absolute Gasteiger partial charge is 0.423 e. The summed E-state index contributed by atoms with van der Waals surface area (Å²) in [6.07, 6.45) is 0.546. The molecule has 0 amide bonds. The number of carbonyl (C=O) groups excluding carboxylic acids is 6. The van der Waals surface area contributed by atoms with Crippen LogP contribution in [0.3, 0.4) is 0 Å². The van der Waals surface area contributed by atoms with Crippen LogP contribution in [0.1, 0.15) is 73.3 Å². The van der Waals surface area contributed by atoms with Crippen molar-refractivity contribution in [3.8, 4) is 11.5 Å². The summed E-state index contributed by atoms with van der Waals surface area (Å²) in [5.41, 5.74) is 2.31. The van der Waals surface area contributed by atoms with Crippen molar-refractivity contribution in [3.05, 3.63) is 129 Å². The first kappa shape index (κ1) is 25.4. The first-order chi connectivity index (χ1) is 19.7. The van der Waals surface area contributed by atoms with Gasteiger partial charge in [0.05, 0.1) is 33.4 Å². The number of hydrogen-bond acceptors (Lipinski definition) is 10. The Morgan fingerprint density at radius 2 is 0.854 bits per heavy atom. The van der Waals surface area contributed by atoms with Gasteiger partial charge in [0.25, 0.3) is 0 Å². The van der Waals surface area contributed by atoms with Crippen molar-refractivity contribution >= 4 is 35.8 Å². The fraction of sp³-hybridized carbons (Fsp3) is 0.0323. The smallest absolute Gasteiger partial charge is 0.346 e. The standard InChI is InChI=1S/C31H16O10/c32-26(18-5-11-22-24(14-18)30(36)40-28(22)34)38-20-7-1-16(2-8-20)13-17-3-9-21(10-4-17)39-27(33)19-6-12-23-25(15-19)31(37)41-29(23)35/h1-12,14-15H,13H2. The molecule has 0 fully saturated rings. The van der Waals surface area contributed by atoms with Crippen LogP contribution in [0.15, 0.2) is 84.9 Å². The maximum absolute atomic E-state index is 12.5. The van der Waals surface area contributed by atoms with Crippen LogP contribution in [0.4, 0.5) is 0 Å². The Morgan fingerprint density at radius 1 is 0.488 bits per heavy atom. The first-order valence-corrected chi connectivity index (χ1v) is 12.2. The molecule has 0 atom stereocenters. The molecule has 0 aliphatic carbocycles. The highest BCUT2D eigenvalue weighted by atomic mass is 16.6. The highest BCUT2D eigenvalue weighted by molar-refractivity contribution is 6.16. The summed E-state index contributed by atoms with van der Waals surface area (Å²) in [6.45, 7) is 0. The number of esters is 6. The van der Waals surface area contributed by atoms with Crippen molar-refractivity contribution in [2.45, 2.75) is 6.42 Å². The minimum atomic E-state index is -0.804. The summed E-state index contributed by atoms with van der Waals surface area (Å²) < 4.78 is 19.8. The van der Waals surface area contributed by atoms with Crippen molar-refractivity contribution in [1.82, 2.24) is 0 Å². The lowest BCUT2D eigenvalue weighted by atomic mass is 10.0. The molecule has 0 radical (unpaired) electrons. The monoisotopic (exact) mass is 548 g/mol. The summed E-state index contributed by atoms with van der Waals surface area (Å²) >= 11 is 0. The van der Waals surface area contributed by atoms with Crippen LogP contribution in [0.25, 0.3) is 0 Å². The van der Waals surface area contributed by atoms with E-state index in [0.717, 1.165) is 11.1 Å². The van der Waals surface area contributed by atoms with Gasteiger partial charge in [-0.3, -0.25) is 0 Å². The second-order valence-corrected chi connectivity index (χ2v) is 9.12. The fourth-order valence-electron chi connectivity index (χ4n) is 4.34. The summed E-state index contributed by atoms with van der Waals surface area (Å²) in [4.78, 5) is 71.7. The van der Waals surface area contributed by atoms with E-state index in [9.17, 15) is 28.8 Å². The molecule has 2 heterocycles. The van der Waals surface area contributed by atoms with E-state index >= 15 is 0 Å². The van der Waals surface area contributed by atoms with Crippen molar-refractivity contribution in [2.24, 2.45) is 0 Å². The molecule has 2 aliphatic rings. The van der Waals surface area contributed by atoms with Gasteiger partial charge in [0.15, 0.2) is 0 Å². The number of carbonyl (C=O) groups is 6. The van der Waals surface area contributed by atoms with E-state index in [4.69, 9.17) is 9.47 Å². The minimum Gasteiger partial charge on any atom is -0.423 e. The minimum absolute atomic E-state index is 0.0214. The van der Waals surface area contributed by atoms with Gasteiger partial charge in [-0.15, -0.1) is 0 Å². The zero-order chi connectivity index (χ0) is 28.7. The van der Waals surface area contributed by atoms with Crippen LogP contribution in [-0.2, 0) is 15.9 Å². The Labute approximate surface area is 231 Å². The zero-order valence-corrected chi connectivity index (χ0v) is 20.9. The number of hydrogen-bond donors (Lipinski definition) is 0. The average Bonchev–Trinajstić information content (AvgIpc) is 3.43. The number of cyclic esters (lactones) is 4. The molecule has 41 heavy (non-hydrogen) atoms. The summed E-state index contributed by atoms with van der Waals surface area (Å²) in [6, 6.07) is 21.7. The molecule has 0 aromatic heterocycles. The van der Waals surface area contributed by atoms with Crippen molar-refractivity contribution < 1.29 is 47.7 Å². The molecular weight excluding hydrogens is 532 g/mol. The molecule has 10 heteroatoms. The topological polar surface area (TPSA) is 139 Å². The molecule has 4 aromatic rings. The number of fused-ring (bicyclic) bond motifs is 2. The van der Waals surface area contributed by atoms with Crippen LogP contribution < -0.4 is 9.47 Å². The molecule has 0 bridgehead atoms. The molecule has 0 unspecified atom stereocenters. The summed E-state index contributed by atoms with van der Waals surface area (Å²) in [5.74, 6) is -3.89. The van der Waals surface area contributed by atoms with Gasteiger partial charge in [-0.25, -0.2) is 28.8 Å². The Kier molecular flexibility index (Phi) is 6.20. The Hall–Kier alpha value is -5.90. The van der Waals surface area contributed by atoms with Crippen LogP contribution in [0, 0.1) is 0 Å². The molecule has 0 N–H and O–H groups in total. The second-order valence-electron chi connectivity index (χ2n) is 9.12. The second kappa shape index (κ2) is 10.0. The van der Waals surface area contributed by atoms with Crippen LogP contribution in [-0.4, -0.2) is 35.8 Å². The molecule has 0 saturated heterocycles. The van der Waals surface area contributed by atoms with Crippen LogP contribution in [0.2, 0.25) is 0 Å². The third kappa shape index (κ3) is 4.97. The molecule has 10 nitrogen and oxygen atoms in total. The molecule has 200 valence electrons. The van der Waals surface area contributed by atoms with Gasteiger partial charge in [-0.05, 0) is 78.2 Å². The lowest BCUT2D eigenvalue weighted by Crippen LogP contribution is -2.10. The van der Waals surface area contributed by atoms with E-state index < -0.39 is 35.8 Å². The van der Waals surface area contributed by atoms with Gasteiger partial charge >= 0.3 is 35.8 Å². The third-order valence-electron chi connectivity index (χ3n) is 6.44. The van der Waals surface area contributed by atoms with Gasteiger partial charge < -0.3 is 18.9 Å². The van der Waals surface area contributed by atoms with E-state index in [1.807, 2.05) is 0 Å². The molecule has 6 rings (SSSR count). The predicted molar refractivity (Wildman–Crippen MR) is 138 cm³/mol. The van der Waals surface area contributed by atoms with Gasteiger partial charge in [0, 0.05) is 0 Å². The lowest BCUT2D eigenvalue weighted by Gasteiger charge is -2.08. The normalized spacial score (nSPS) is 13.3. The van der Waals surface area contributed by atoms with Crippen LogP contribution >= 0.6 is 0 Å². The van der Waals surface area contributed by atoms with E-state index in [1.165, 1.54) is 36.4 Å².